The number of sulfonamides is 1. The zero-order valence-electron chi connectivity index (χ0n) is 18.6. The number of carbonyl (C=O) groups excluding carboxylic acids is 1. The van der Waals surface area contributed by atoms with E-state index in [2.05, 4.69) is 23.0 Å². The fourth-order valence-corrected chi connectivity index (χ4v) is 5.56. The molecular weight excluding hydrogens is 420 g/mol. The molecule has 0 saturated carbocycles. The molecule has 0 aromatic carbocycles. The number of amides is 1. The highest BCUT2D eigenvalue weighted by molar-refractivity contribution is 7.89. The number of unbranched alkanes of at least 4 members (excludes halogenated alkanes) is 4. The Morgan fingerprint density at radius 2 is 1.81 bits per heavy atom. The second kappa shape index (κ2) is 13.2. The number of hydrogen-bond donors (Lipinski definition) is 3. The van der Waals surface area contributed by atoms with Crippen molar-refractivity contribution in [3.63, 3.8) is 0 Å². The molecule has 0 aliphatic carbocycles. The van der Waals surface area contributed by atoms with Crippen LogP contribution in [-0.4, -0.2) is 56.5 Å². The zero-order chi connectivity index (χ0) is 22.7. The van der Waals surface area contributed by atoms with E-state index in [4.69, 9.17) is 9.84 Å². The summed E-state index contributed by atoms with van der Waals surface area (Å²) in [6, 6.07) is 0. The first-order valence-electron chi connectivity index (χ1n) is 11.6. The van der Waals surface area contributed by atoms with Crippen molar-refractivity contribution in [2.45, 2.75) is 83.3 Å². The van der Waals surface area contributed by atoms with Crippen molar-refractivity contribution in [1.82, 2.24) is 10.0 Å². The van der Waals surface area contributed by atoms with Crippen LogP contribution in [0.25, 0.3) is 0 Å². The third-order valence-electron chi connectivity index (χ3n) is 6.18. The largest absolute Gasteiger partial charge is 0.481 e. The Balaban J connectivity index is 1.70. The summed E-state index contributed by atoms with van der Waals surface area (Å²) < 4.78 is 32.4. The molecule has 0 spiro atoms. The summed E-state index contributed by atoms with van der Waals surface area (Å²) in [7, 11) is -3.42. The van der Waals surface area contributed by atoms with Crippen LogP contribution in [0.1, 0.15) is 71.1 Å². The van der Waals surface area contributed by atoms with E-state index >= 15 is 0 Å². The van der Waals surface area contributed by atoms with Crippen LogP contribution >= 0.6 is 0 Å². The Hall–Kier alpha value is -1.45. The second-order valence-electron chi connectivity index (χ2n) is 8.62. The van der Waals surface area contributed by atoms with Gasteiger partial charge in [-0.15, -0.1) is 0 Å². The maximum atomic E-state index is 12.2. The number of hydrogen-bond acceptors (Lipinski definition) is 5. The Kier molecular flexibility index (Phi) is 11.0. The van der Waals surface area contributed by atoms with Gasteiger partial charge in [0.05, 0.1) is 24.5 Å². The number of carboxylic acids is 1. The van der Waals surface area contributed by atoms with Crippen LogP contribution in [0.3, 0.4) is 0 Å². The van der Waals surface area contributed by atoms with E-state index in [9.17, 15) is 18.0 Å². The minimum absolute atomic E-state index is 0.0569. The number of aliphatic carboxylic acids is 1. The monoisotopic (exact) mass is 458 g/mol. The molecule has 2 heterocycles. The number of carboxylic acid groups (broad SMARTS) is 1. The minimum atomic E-state index is -3.42. The van der Waals surface area contributed by atoms with Crippen molar-refractivity contribution < 1.29 is 27.9 Å². The predicted molar refractivity (Wildman–Crippen MR) is 119 cm³/mol. The van der Waals surface area contributed by atoms with Crippen LogP contribution in [0.15, 0.2) is 12.2 Å². The van der Waals surface area contributed by atoms with Crippen LogP contribution in [0.5, 0.6) is 0 Å². The highest BCUT2D eigenvalue weighted by Crippen LogP contribution is 2.44. The summed E-state index contributed by atoms with van der Waals surface area (Å²) in [6.45, 7) is 2.32. The molecule has 2 saturated heterocycles. The minimum Gasteiger partial charge on any atom is -0.481 e. The highest BCUT2D eigenvalue weighted by atomic mass is 32.2. The molecule has 2 fully saturated rings. The number of carbonyl (C=O) groups is 2. The van der Waals surface area contributed by atoms with Gasteiger partial charge < -0.3 is 15.2 Å². The average Bonchev–Trinajstić information content (AvgIpc) is 3.32. The lowest BCUT2D eigenvalue weighted by molar-refractivity contribution is -0.137. The SMILES string of the molecule is CCCCCCS(=O)(=O)NCC(=O)NC[C@H]1[C@@H](C/C=C\CCCC(=O)O)[C@H]2CC[C@@H]1O2. The van der Waals surface area contributed by atoms with Crippen LogP contribution in [-0.2, 0) is 24.3 Å². The van der Waals surface area contributed by atoms with Crippen LogP contribution in [0.2, 0.25) is 0 Å². The average molecular weight is 459 g/mol. The van der Waals surface area contributed by atoms with E-state index in [-0.39, 0.29) is 42.8 Å². The summed E-state index contributed by atoms with van der Waals surface area (Å²) in [6.07, 6.45) is 12.4. The summed E-state index contributed by atoms with van der Waals surface area (Å²) in [5.41, 5.74) is 0. The van der Waals surface area contributed by atoms with Crippen molar-refractivity contribution in [2.75, 3.05) is 18.8 Å². The van der Waals surface area contributed by atoms with E-state index in [1.54, 1.807) is 0 Å². The molecule has 9 heteroatoms. The molecule has 3 N–H and O–H groups in total. The fourth-order valence-electron chi connectivity index (χ4n) is 4.48. The fraction of sp³-hybridized carbons (Fsp3) is 0.818. The molecule has 31 heavy (non-hydrogen) atoms. The molecule has 0 aromatic rings. The lowest BCUT2D eigenvalue weighted by Gasteiger charge is -2.27. The van der Waals surface area contributed by atoms with Gasteiger partial charge >= 0.3 is 5.97 Å². The molecule has 2 rings (SSSR count). The van der Waals surface area contributed by atoms with Gasteiger partial charge in [-0.2, -0.15) is 0 Å². The summed E-state index contributed by atoms with van der Waals surface area (Å²) in [5, 5.41) is 11.6. The lowest BCUT2D eigenvalue weighted by atomic mass is 9.77. The third-order valence-corrected chi connectivity index (χ3v) is 7.59. The normalized spacial score (nSPS) is 25.3. The van der Waals surface area contributed by atoms with Gasteiger partial charge in [0.1, 0.15) is 0 Å². The van der Waals surface area contributed by atoms with Gasteiger partial charge in [0.2, 0.25) is 15.9 Å². The topological polar surface area (TPSA) is 122 Å². The number of ether oxygens (including phenoxy) is 1. The Morgan fingerprint density at radius 3 is 2.52 bits per heavy atom. The molecule has 4 atom stereocenters. The summed E-state index contributed by atoms with van der Waals surface area (Å²) >= 11 is 0. The molecule has 8 nitrogen and oxygen atoms in total. The maximum absolute atomic E-state index is 12.2. The van der Waals surface area contributed by atoms with Gasteiger partial charge in [-0.1, -0.05) is 38.3 Å². The van der Waals surface area contributed by atoms with E-state index in [0.717, 1.165) is 44.9 Å². The van der Waals surface area contributed by atoms with E-state index in [1.807, 2.05) is 6.08 Å². The lowest BCUT2D eigenvalue weighted by Crippen LogP contribution is -2.42. The van der Waals surface area contributed by atoms with Gasteiger partial charge in [0.25, 0.3) is 0 Å². The van der Waals surface area contributed by atoms with Crippen LogP contribution in [0, 0.1) is 11.8 Å². The molecule has 0 radical (unpaired) electrons. The molecule has 1 amide bonds. The molecule has 0 unspecified atom stereocenters. The zero-order valence-corrected chi connectivity index (χ0v) is 19.4. The number of nitrogens with one attached hydrogen (secondary N) is 2. The van der Waals surface area contributed by atoms with Gasteiger partial charge in [-0.05, 0) is 44.4 Å². The van der Waals surface area contributed by atoms with Crippen LogP contribution < -0.4 is 10.0 Å². The van der Waals surface area contributed by atoms with Crippen molar-refractivity contribution >= 4 is 21.9 Å². The first-order valence-corrected chi connectivity index (χ1v) is 13.2. The van der Waals surface area contributed by atoms with Crippen molar-refractivity contribution in [3.8, 4) is 0 Å². The summed E-state index contributed by atoms with van der Waals surface area (Å²) in [5.74, 6) is -0.490. The van der Waals surface area contributed by atoms with Gasteiger partial charge in [-0.25, -0.2) is 13.1 Å². The smallest absolute Gasteiger partial charge is 0.303 e. The molecule has 178 valence electrons. The Bertz CT molecular complexity index is 709. The molecular formula is C22H38N2O6S. The third kappa shape index (κ3) is 9.29. The second-order valence-corrected chi connectivity index (χ2v) is 10.5. The van der Waals surface area contributed by atoms with E-state index in [1.165, 1.54) is 0 Å². The number of allylic oxidation sites excluding steroid dienone is 2. The van der Waals surface area contributed by atoms with Crippen LogP contribution in [0.4, 0.5) is 0 Å². The van der Waals surface area contributed by atoms with E-state index in [0.29, 0.717) is 25.3 Å². The number of fused-ring (bicyclic) bond motifs is 2. The first kappa shape index (κ1) is 25.8. The van der Waals surface area contributed by atoms with E-state index < -0.39 is 16.0 Å². The van der Waals surface area contributed by atoms with Gasteiger partial charge in [-0.3, -0.25) is 9.59 Å². The summed E-state index contributed by atoms with van der Waals surface area (Å²) in [4.78, 5) is 22.7. The molecule has 2 aliphatic heterocycles. The van der Waals surface area contributed by atoms with Crippen molar-refractivity contribution in [2.24, 2.45) is 11.8 Å². The molecule has 2 aliphatic rings. The predicted octanol–water partition coefficient (Wildman–Crippen LogP) is 2.60. The van der Waals surface area contributed by atoms with Crippen molar-refractivity contribution in [3.05, 3.63) is 12.2 Å². The molecule has 2 bridgehead atoms. The van der Waals surface area contributed by atoms with Crippen molar-refractivity contribution in [1.29, 1.82) is 0 Å². The molecule has 0 aromatic heterocycles. The van der Waals surface area contributed by atoms with Gasteiger partial charge in [0.15, 0.2) is 0 Å². The Labute approximate surface area is 186 Å². The standard InChI is InChI=1S/C22H38N2O6S/c1-2-3-4-9-14-31(28,29)24-16-21(25)23-15-18-17(19-12-13-20(18)30-19)10-7-5-6-8-11-22(26)27/h5,7,17-20,24H,2-4,6,8-16H2,1H3,(H,23,25)(H,26,27)/b7-5-/t17-,18+,19-,20+/m1/s1. The first-order chi connectivity index (χ1) is 14.8. The highest BCUT2D eigenvalue weighted by Gasteiger charge is 2.47. The Morgan fingerprint density at radius 1 is 1.06 bits per heavy atom. The quantitative estimate of drug-likeness (QED) is 0.241. The van der Waals surface area contributed by atoms with Gasteiger partial charge in [0, 0.05) is 18.9 Å². The number of rotatable bonds is 16. The maximum Gasteiger partial charge on any atom is 0.303 e.